The highest BCUT2D eigenvalue weighted by molar-refractivity contribution is 7.98. The maximum absolute atomic E-state index is 13.7. The van der Waals surface area contributed by atoms with Gasteiger partial charge in [-0.25, -0.2) is 4.98 Å². The van der Waals surface area contributed by atoms with Crippen LogP contribution in [0.25, 0.3) is 21.0 Å². The number of aromatic nitrogens is 1. The van der Waals surface area contributed by atoms with Gasteiger partial charge in [0.05, 0.1) is 10.2 Å². The molecule has 0 radical (unpaired) electrons. The highest BCUT2D eigenvalue weighted by Crippen LogP contribution is 2.34. The van der Waals surface area contributed by atoms with Gasteiger partial charge in [-0.1, -0.05) is 61.6 Å². The van der Waals surface area contributed by atoms with E-state index in [0.29, 0.717) is 12.1 Å². The molecule has 0 atom stereocenters. The Morgan fingerprint density at radius 3 is 2.48 bits per heavy atom. The molecule has 4 nitrogen and oxygen atoms in total. The predicted molar refractivity (Wildman–Crippen MR) is 135 cm³/mol. The van der Waals surface area contributed by atoms with Crippen LogP contribution in [-0.2, 0) is 0 Å². The number of fused-ring (bicyclic) bond motifs is 2. The number of likely N-dealkylation sites (N-methyl/N-ethyl adjacent to an activating group) is 1. The van der Waals surface area contributed by atoms with Gasteiger partial charge < -0.3 is 4.90 Å². The van der Waals surface area contributed by atoms with Gasteiger partial charge in [-0.2, -0.15) is 0 Å². The van der Waals surface area contributed by atoms with Gasteiger partial charge in [-0.15, -0.1) is 11.8 Å². The zero-order valence-corrected chi connectivity index (χ0v) is 19.8. The topological polar surface area (TPSA) is 36.4 Å². The fourth-order valence-corrected chi connectivity index (χ4v) is 5.38. The molecule has 4 rings (SSSR count). The van der Waals surface area contributed by atoms with Crippen molar-refractivity contribution in [1.82, 2.24) is 9.88 Å². The summed E-state index contributed by atoms with van der Waals surface area (Å²) in [7, 11) is 0. The number of rotatable bonds is 8. The Morgan fingerprint density at radius 1 is 0.968 bits per heavy atom. The van der Waals surface area contributed by atoms with Gasteiger partial charge in [-0.3, -0.25) is 9.69 Å². The van der Waals surface area contributed by atoms with Crippen LogP contribution < -0.4 is 4.90 Å². The minimum Gasteiger partial charge on any atom is -0.302 e. The number of hydrogen-bond acceptors (Lipinski definition) is 5. The van der Waals surface area contributed by atoms with Gasteiger partial charge in [0, 0.05) is 23.5 Å². The molecule has 0 fully saturated rings. The quantitative estimate of drug-likeness (QED) is 0.302. The van der Waals surface area contributed by atoms with Gasteiger partial charge in [0.25, 0.3) is 5.91 Å². The molecule has 1 amide bonds. The first-order valence-corrected chi connectivity index (χ1v) is 12.6. The van der Waals surface area contributed by atoms with Crippen molar-refractivity contribution in [3.63, 3.8) is 0 Å². The van der Waals surface area contributed by atoms with Gasteiger partial charge in [0.15, 0.2) is 5.13 Å². The second kappa shape index (κ2) is 9.81. The summed E-state index contributed by atoms with van der Waals surface area (Å²) >= 11 is 3.28. The van der Waals surface area contributed by atoms with Crippen molar-refractivity contribution in [2.75, 3.05) is 37.3 Å². The number of thiazole rings is 1. The van der Waals surface area contributed by atoms with Crippen LogP contribution in [-0.4, -0.2) is 48.2 Å². The summed E-state index contributed by atoms with van der Waals surface area (Å²) < 4.78 is 1.11. The lowest BCUT2D eigenvalue weighted by Gasteiger charge is -2.25. The third-order valence-corrected chi connectivity index (χ3v) is 7.41. The summed E-state index contributed by atoms with van der Waals surface area (Å²) in [5.74, 6) is 0.00247. The third-order valence-electron chi connectivity index (χ3n) is 5.60. The first kappa shape index (κ1) is 21.8. The van der Waals surface area contributed by atoms with Crippen LogP contribution >= 0.6 is 23.1 Å². The molecule has 31 heavy (non-hydrogen) atoms. The van der Waals surface area contributed by atoms with Crippen LogP contribution in [0.3, 0.4) is 0 Å². The molecule has 6 heteroatoms. The molecule has 3 aromatic carbocycles. The molecular formula is C25H27N3OS2. The molecule has 0 bridgehead atoms. The van der Waals surface area contributed by atoms with E-state index >= 15 is 0 Å². The Balaban J connectivity index is 1.73. The highest BCUT2D eigenvalue weighted by atomic mass is 32.2. The van der Waals surface area contributed by atoms with E-state index in [0.717, 1.165) is 50.7 Å². The first-order chi connectivity index (χ1) is 15.1. The molecule has 4 aromatic rings. The van der Waals surface area contributed by atoms with E-state index in [9.17, 15) is 4.79 Å². The largest absolute Gasteiger partial charge is 0.302 e. The van der Waals surface area contributed by atoms with E-state index in [1.807, 2.05) is 35.2 Å². The second-order valence-electron chi connectivity index (χ2n) is 7.35. The number of hydrogen-bond donors (Lipinski definition) is 0. The Bertz CT molecular complexity index is 1200. The van der Waals surface area contributed by atoms with Crippen LogP contribution in [0, 0.1) is 0 Å². The molecule has 0 aliphatic heterocycles. The Kier molecular flexibility index (Phi) is 6.90. The number of benzene rings is 3. The highest BCUT2D eigenvalue weighted by Gasteiger charge is 2.22. The van der Waals surface area contributed by atoms with E-state index in [-0.39, 0.29) is 5.91 Å². The monoisotopic (exact) mass is 449 g/mol. The minimum absolute atomic E-state index is 0.00247. The third kappa shape index (κ3) is 4.61. The number of para-hydroxylation sites is 1. The van der Waals surface area contributed by atoms with Gasteiger partial charge in [-0.05, 0) is 54.4 Å². The summed E-state index contributed by atoms with van der Waals surface area (Å²) in [6.07, 6.45) is 2.06. The fourth-order valence-electron chi connectivity index (χ4n) is 3.74. The molecule has 1 heterocycles. The minimum atomic E-state index is 0.00247. The van der Waals surface area contributed by atoms with Crippen molar-refractivity contribution >= 4 is 55.1 Å². The molecule has 0 spiro atoms. The van der Waals surface area contributed by atoms with Crippen molar-refractivity contribution in [3.05, 3.63) is 66.2 Å². The van der Waals surface area contributed by atoms with Crippen molar-refractivity contribution in [2.24, 2.45) is 0 Å². The Hall–Kier alpha value is -2.41. The zero-order chi connectivity index (χ0) is 21.8. The van der Waals surface area contributed by atoms with E-state index in [4.69, 9.17) is 4.98 Å². The molecule has 1 aromatic heterocycles. The average molecular weight is 450 g/mol. The molecule has 0 aliphatic carbocycles. The molecule has 0 saturated heterocycles. The van der Waals surface area contributed by atoms with Crippen LogP contribution in [0.15, 0.2) is 65.6 Å². The van der Waals surface area contributed by atoms with E-state index in [2.05, 4.69) is 55.3 Å². The van der Waals surface area contributed by atoms with Crippen LogP contribution in [0.4, 0.5) is 5.13 Å². The van der Waals surface area contributed by atoms with Gasteiger partial charge in [0.1, 0.15) is 0 Å². The Morgan fingerprint density at radius 2 is 1.74 bits per heavy atom. The lowest BCUT2D eigenvalue weighted by molar-refractivity contribution is 0.0984. The molecule has 0 aliphatic rings. The number of anilines is 1. The second-order valence-corrected chi connectivity index (χ2v) is 9.21. The fraction of sp³-hybridized carbons (Fsp3) is 0.280. The number of nitrogens with zero attached hydrogens (tertiary/aromatic N) is 3. The number of thioether (sulfide) groups is 1. The molecule has 0 unspecified atom stereocenters. The number of amides is 1. The zero-order valence-electron chi connectivity index (χ0n) is 18.2. The van der Waals surface area contributed by atoms with Crippen LogP contribution in [0.5, 0.6) is 0 Å². The van der Waals surface area contributed by atoms with Crippen molar-refractivity contribution in [2.45, 2.75) is 18.7 Å². The smallest absolute Gasteiger partial charge is 0.260 e. The lowest BCUT2D eigenvalue weighted by atomic mass is 10.1. The molecule has 160 valence electrons. The average Bonchev–Trinajstić information content (AvgIpc) is 3.25. The van der Waals surface area contributed by atoms with Crippen molar-refractivity contribution in [3.8, 4) is 0 Å². The summed E-state index contributed by atoms with van der Waals surface area (Å²) in [5.41, 5.74) is 1.68. The summed E-state index contributed by atoms with van der Waals surface area (Å²) in [6, 6.07) is 20.3. The standard InChI is InChI=1S/C25H27N3OS2/c1-4-27(5-2)15-16-28(25-26-23-21(30-3)11-8-12-22(23)31-25)24(29)20-14-13-18-9-6-7-10-19(18)17-20/h6-14,17H,4-5,15-16H2,1-3H3. The van der Waals surface area contributed by atoms with Gasteiger partial charge >= 0.3 is 0 Å². The number of carbonyl (C=O) groups is 1. The van der Waals surface area contributed by atoms with Crippen LogP contribution in [0.2, 0.25) is 0 Å². The van der Waals surface area contributed by atoms with Gasteiger partial charge in [0.2, 0.25) is 0 Å². The van der Waals surface area contributed by atoms with E-state index < -0.39 is 0 Å². The SMILES string of the molecule is CCN(CC)CCN(C(=O)c1ccc2ccccc2c1)c1nc2c(SC)cccc2s1. The summed E-state index contributed by atoms with van der Waals surface area (Å²) in [5, 5.41) is 2.98. The summed E-state index contributed by atoms with van der Waals surface area (Å²) in [6.45, 7) is 7.66. The molecule has 0 saturated carbocycles. The van der Waals surface area contributed by atoms with E-state index in [1.165, 1.54) is 0 Å². The maximum atomic E-state index is 13.7. The first-order valence-electron chi connectivity index (χ1n) is 10.6. The Labute approximate surface area is 191 Å². The lowest BCUT2D eigenvalue weighted by Crippen LogP contribution is -2.38. The summed E-state index contributed by atoms with van der Waals surface area (Å²) in [4.78, 5) is 23.9. The molecule has 0 N–H and O–H groups in total. The number of carbonyl (C=O) groups excluding carboxylic acids is 1. The molecular weight excluding hydrogens is 422 g/mol. The van der Waals surface area contributed by atoms with Crippen LogP contribution in [0.1, 0.15) is 24.2 Å². The predicted octanol–water partition coefficient (Wildman–Crippen LogP) is 6.16. The van der Waals surface area contributed by atoms with E-state index in [1.54, 1.807) is 23.1 Å². The van der Waals surface area contributed by atoms with Crippen molar-refractivity contribution in [1.29, 1.82) is 0 Å². The normalized spacial score (nSPS) is 11.5. The maximum Gasteiger partial charge on any atom is 0.260 e. The van der Waals surface area contributed by atoms with Crippen molar-refractivity contribution < 1.29 is 4.79 Å².